The first-order valence-corrected chi connectivity index (χ1v) is 19.4. The van der Waals surface area contributed by atoms with E-state index in [1.807, 2.05) is 43.4 Å². The zero-order valence-electron chi connectivity index (χ0n) is 32.4. The van der Waals surface area contributed by atoms with E-state index in [1.54, 1.807) is 26.2 Å². The maximum Gasteiger partial charge on any atom is 0.245 e. The van der Waals surface area contributed by atoms with Crippen LogP contribution in [0.4, 0.5) is 0 Å². The Morgan fingerprint density at radius 2 is 1.61 bits per heavy atom. The van der Waals surface area contributed by atoms with Gasteiger partial charge in [0, 0.05) is 25.3 Å². The quantitative estimate of drug-likeness (QED) is 0.285. The van der Waals surface area contributed by atoms with Gasteiger partial charge in [0.2, 0.25) is 29.5 Å². The van der Waals surface area contributed by atoms with Gasteiger partial charge in [-0.3, -0.25) is 24.0 Å². The zero-order valence-corrected chi connectivity index (χ0v) is 32.4. The third kappa shape index (κ3) is 12.2. The summed E-state index contributed by atoms with van der Waals surface area (Å²) in [4.78, 5) is 72.9. The lowest BCUT2D eigenvalue weighted by Gasteiger charge is -2.30. The fourth-order valence-electron chi connectivity index (χ4n) is 7.08. The van der Waals surface area contributed by atoms with Crippen LogP contribution in [0.3, 0.4) is 0 Å². The number of nitrogens with one attached hydrogen (secondary N) is 4. The number of amides is 5. The Morgan fingerprint density at radius 3 is 2.24 bits per heavy atom. The van der Waals surface area contributed by atoms with E-state index in [4.69, 9.17) is 9.47 Å². The molecular weight excluding hydrogens is 688 g/mol. The number of ether oxygens (including phenoxy) is 2. The minimum absolute atomic E-state index is 0.121. The number of benzene rings is 2. The Morgan fingerprint density at radius 1 is 0.926 bits per heavy atom. The van der Waals surface area contributed by atoms with Crippen LogP contribution < -0.4 is 30.7 Å². The average Bonchev–Trinajstić information content (AvgIpc) is 3.97. The molecule has 4 N–H and O–H groups in total. The molecule has 1 saturated carbocycles. The normalized spacial score (nSPS) is 24.3. The summed E-state index contributed by atoms with van der Waals surface area (Å²) in [7, 11) is 3.59. The summed E-state index contributed by atoms with van der Waals surface area (Å²) in [5.74, 6) is -0.327. The van der Waals surface area contributed by atoms with Crippen molar-refractivity contribution in [2.24, 2.45) is 17.8 Å². The molecule has 13 nitrogen and oxygen atoms in total. The number of nitrogens with zero attached hydrogens (tertiary/aromatic N) is 2. The largest absolute Gasteiger partial charge is 0.497 e. The van der Waals surface area contributed by atoms with E-state index in [-0.39, 0.29) is 61.6 Å². The number of rotatable bonds is 9. The van der Waals surface area contributed by atoms with E-state index in [1.165, 1.54) is 4.90 Å². The average molecular weight is 747 g/mol. The third-order valence-electron chi connectivity index (χ3n) is 10.4. The second-order valence-electron chi connectivity index (χ2n) is 15.7. The lowest BCUT2D eigenvalue weighted by atomic mass is 9.95. The van der Waals surface area contributed by atoms with Crippen molar-refractivity contribution < 1.29 is 33.4 Å². The third-order valence-corrected chi connectivity index (χ3v) is 10.4. The van der Waals surface area contributed by atoms with Crippen LogP contribution in [0, 0.1) is 17.8 Å². The van der Waals surface area contributed by atoms with Gasteiger partial charge >= 0.3 is 0 Å². The number of methoxy groups -OCH3 is 1. The Bertz CT molecular complexity index is 1590. The molecule has 1 aliphatic carbocycles. The summed E-state index contributed by atoms with van der Waals surface area (Å²) in [6.45, 7) is 7.82. The molecule has 2 fully saturated rings. The molecule has 2 aromatic carbocycles. The highest BCUT2D eigenvalue weighted by molar-refractivity contribution is 5.95. The molecule has 0 spiro atoms. The minimum Gasteiger partial charge on any atom is -0.497 e. The fourth-order valence-corrected chi connectivity index (χ4v) is 7.08. The smallest absolute Gasteiger partial charge is 0.245 e. The van der Waals surface area contributed by atoms with Gasteiger partial charge in [0.15, 0.2) is 0 Å². The van der Waals surface area contributed by atoms with Crippen molar-refractivity contribution in [1.82, 2.24) is 31.1 Å². The van der Waals surface area contributed by atoms with Gasteiger partial charge in [0.25, 0.3) is 0 Å². The monoisotopic (exact) mass is 746 g/mol. The van der Waals surface area contributed by atoms with Crippen molar-refractivity contribution in [3.05, 3.63) is 59.7 Å². The molecule has 3 heterocycles. The SMILES string of the molecule is COc1ccc(C[C@@H]2NC(=O)[C@@H](NC(=O)C3CCN(C)CC3)Cc3ccc(cc3)OC[C@H](CC(C)C)NC(=O)CN(CC3CC3)C(=O)[C@@H](C)NC2=O)cc1. The van der Waals surface area contributed by atoms with Crippen molar-refractivity contribution in [1.29, 1.82) is 0 Å². The molecule has 6 rings (SSSR count). The first-order valence-electron chi connectivity index (χ1n) is 19.4. The van der Waals surface area contributed by atoms with Crippen molar-refractivity contribution in [3.8, 4) is 11.5 Å². The van der Waals surface area contributed by atoms with Gasteiger partial charge in [-0.2, -0.15) is 0 Å². The summed E-state index contributed by atoms with van der Waals surface area (Å²) in [6.07, 6.45) is 4.30. The first-order chi connectivity index (χ1) is 25.9. The second kappa shape index (κ2) is 19.1. The number of likely N-dealkylation sites (tertiary alicyclic amines) is 1. The van der Waals surface area contributed by atoms with Gasteiger partial charge in [0.05, 0.1) is 19.7 Å². The molecule has 5 amide bonds. The van der Waals surface area contributed by atoms with Crippen LogP contribution >= 0.6 is 0 Å². The molecule has 2 bridgehead atoms. The van der Waals surface area contributed by atoms with Gasteiger partial charge in [-0.25, -0.2) is 0 Å². The van der Waals surface area contributed by atoms with Gasteiger partial charge in [-0.05, 0) is 106 Å². The van der Waals surface area contributed by atoms with Crippen molar-refractivity contribution in [2.75, 3.05) is 46.9 Å². The van der Waals surface area contributed by atoms with Crippen molar-refractivity contribution >= 4 is 29.5 Å². The molecule has 1 saturated heterocycles. The summed E-state index contributed by atoms with van der Waals surface area (Å²) >= 11 is 0. The standard InChI is InChI=1S/C41H58N6O7/c1-26(2)20-32-25-54-34-14-10-29(11-15-34)22-36(44-38(49)31-16-18-46(4)19-17-31)40(51)45-35(21-28-8-12-33(53-5)13-9-28)39(50)42-27(3)41(52)47(23-30-6-7-30)24-37(48)43-32/h8-15,26-27,30-32,35-36H,6-7,16-25H2,1-5H3,(H,42,50)(H,43,48)(H,44,49)(H,45,51)/t27-,32+,35+,36+/m1/s1. The van der Waals surface area contributed by atoms with Crippen LogP contribution in [0.1, 0.15) is 64.0 Å². The van der Waals surface area contributed by atoms with E-state index in [0.29, 0.717) is 43.2 Å². The minimum atomic E-state index is -1.08. The van der Waals surface area contributed by atoms with E-state index < -0.39 is 29.9 Å². The zero-order chi connectivity index (χ0) is 38.8. The van der Waals surface area contributed by atoms with Crippen LogP contribution in [0.15, 0.2) is 48.5 Å². The molecule has 0 aromatic heterocycles. The highest BCUT2D eigenvalue weighted by Gasteiger charge is 2.34. The number of fused-ring (bicyclic) bond motifs is 17. The lowest BCUT2D eigenvalue weighted by Crippen LogP contribution is -2.58. The molecule has 294 valence electrons. The van der Waals surface area contributed by atoms with Crippen molar-refractivity contribution in [2.45, 2.75) is 89.9 Å². The predicted molar refractivity (Wildman–Crippen MR) is 205 cm³/mol. The summed E-state index contributed by atoms with van der Waals surface area (Å²) < 4.78 is 11.4. The maximum absolute atomic E-state index is 14.2. The van der Waals surface area contributed by atoms with Gasteiger partial charge in [-0.15, -0.1) is 0 Å². The molecule has 2 aromatic rings. The van der Waals surface area contributed by atoms with Gasteiger partial charge < -0.3 is 40.5 Å². The Hall–Kier alpha value is -4.65. The summed E-state index contributed by atoms with van der Waals surface area (Å²) in [6, 6.07) is 11.2. The topological polar surface area (TPSA) is 158 Å². The highest BCUT2D eigenvalue weighted by Crippen LogP contribution is 2.30. The highest BCUT2D eigenvalue weighted by atomic mass is 16.5. The van der Waals surface area contributed by atoms with Crippen LogP contribution in [0.25, 0.3) is 0 Å². The van der Waals surface area contributed by atoms with Crippen LogP contribution in [0.2, 0.25) is 0 Å². The van der Waals surface area contributed by atoms with Crippen molar-refractivity contribution in [3.63, 3.8) is 0 Å². The van der Waals surface area contributed by atoms with Crippen LogP contribution in [-0.4, -0.2) is 110 Å². The molecule has 0 radical (unpaired) electrons. The van der Waals surface area contributed by atoms with E-state index >= 15 is 0 Å². The summed E-state index contributed by atoms with van der Waals surface area (Å²) in [5, 5.41) is 11.9. The molecule has 13 heteroatoms. The number of carbonyl (C=O) groups excluding carboxylic acids is 5. The lowest BCUT2D eigenvalue weighted by molar-refractivity contribution is -0.140. The fraction of sp³-hybridized carbons (Fsp3) is 0.585. The van der Waals surface area contributed by atoms with Crippen LogP contribution in [0.5, 0.6) is 11.5 Å². The number of hydrogen-bond donors (Lipinski definition) is 4. The van der Waals surface area contributed by atoms with E-state index in [2.05, 4.69) is 40.0 Å². The maximum atomic E-state index is 14.2. The number of piperidine rings is 1. The molecule has 4 atom stereocenters. The Balaban J connectivity index is 1.45. The van der Waals surface area contributed by atoms with Crippen LogP contribution in [-0.2, 0) is 36.8 Å². The predicted octanol–water partition coefficient (Wildman–Crippen LogP) is 2.46. The Kier molecular flexibility index (Phi) is 14.3. The van der Waals surface area contributed by atoms with E-state index in [9.17, 15) is 24.0 Å². The second-order valence-corrected chi connectivity index (χ2v) is 15.7. The first kappa shape index (κ1) is 40.5. The summed E-state index contributed by atoms with van der Waals surface area (Å²) in [5.41, 5.74) is 1.55. The van der Waals surface area contributed by atoms with Gasteiger partial charge in [-0.1, -0.05) is 38.1 Å². The molecule has 3 aliphatic heterocycles. The number of carbonyl (C=O) groups is 5. The molecular formula is C41H58N6O7. The number of hydrogen-bond acceptors (Lipinski definition) is 8. The molecule has 54 heavy (non-hydrogen) atoms. The molecule has 0 unspecified atom stereocenters. The van der Waals surface area contributed by atoms with Gasteiger partial charge in [0.1, 0.15) is 36.2 Å². The Labute approximate surface area is 319 Å². The van der Waals surface area contributed by atoms with E-state index in [0.717, 1.165) is 37.1 Å². The molecule has 4 aliphatic rings.